The molecule has 5 heteroatoms. The minimum Gasteiger partial charge on any atom is -0.326 e. The second kappa shape index (κ2) is 4.78. The van der Waals surface area contributed by atoms with E-state index in [1.54, 1.807) is 0 Å². The lowest BCUT2D eigenvalue weighted by molar-refractivity contribution is -0.115. The first-order chi connectivity index (χ1) is 7.69. The Labute approximate surface area is 103 Å². The molecule has 1 amide bonds. The normalized spacial score (nSPS) is 17.9. The first kappa shape index (κ1) is 11.3. The second-order valence-corrected chi connectivity index (χ2v) is 5.02. The zero-order valence-electron chi connectivity index (χ0n) is 8.40. The second-order valence-electron chi connectivity index (χ2n) is 3.30. The van der Waals surface area contributed by atoms with Crippen molar-refractivity contribution in [2.75, 3.05) is 0 Å². The Morgan fingerprint density at radius 3 is 2.94 bits per heavy atom. The zero-order valence-corrected chi connectivity index (χ0v) is 10.0. The van der Waals surface area contributed by atoms with Crippen molar-refractivity contribution in [3.05, 3.63) is 40.3 Å². The fourth-order valence-electron chi connectivity index (χ4n) is 1.38. The van der Waals surface area contributed by atoms with Gasteiger partial charge in [0.15, 0.2) is 0 Å². The van der Waals surface area contributed by atoms with E-state index in [4.69, 9.17) is 18.0 Å². The largest absolute Gasteiger partial charge is 0.326 e. The summed E-state index contributed by atoms with van der Waals surface area (Å²) in [5, 5.41) is 2.58. The molecule has 0 bridgehead atoms. The van der Waals surface area contributed by atoms with E-state index in [-0.39, 0.29) is 5.91 Å². The molecular weight excluding hydrogens is 240 g/mol. The summed E-state index contributed by atoms with van der Waals surface area (Å²) in [5.74, 6) is -0.131. The van der Waals surface area contributed by atoms with Crippen LogP contribution in [0.4, 0.5) is 0 Å². The van der Waals surface area contributed by atoms with Crippen LogP contribution in [0.1, 0.15) is 11.1 Å². The molecule has 0 spiro atoms. The maximum absolute atomic E-state index is 11.4. The predicted octanol–water partition coefficient (Wildman–Crippen LogP) is 1.63. The molecule has 1 saturated heterocycles. The molecule has 3 nitrogen and oxygen atoms in total. The fraction of sp³-hybridized carbons (Fsp3) is 0.0909. The highest BCUT2D eigenvalue weighted by Gasteiger charge is 2.21. The first-order valence-corrected chi connectivity index (χ1v) is 5.95. The fourth-order valence-corrected chi connectivity index (χ4v) is 2.43. The number of benzene rings is 1. The molecule has 0 aliphatic carbocycles. The summed E-state index contributed by atoms with van der Waals surface area (Å²) in [5.41, 5.74) is 7.56. The highest BCUT2D eigenvalue weighted by atomic mass is 32.2. The van der Waals surface area contributed by atoms with Crippen molar-refractivity contribution in [1.82, 2.24) is 5.32 Å². The molecule has 1 heterocycles. The Hall–Kier alpha value is -1.17. The van der Waals surface area contributed by atoms with Crippen molar-refractivity contribution in [2.24, 2.45) is 5.73 Å². The number of rotatable bonds is 2. The van der Waals surface area contributed by atoms with E-state index in [1.807, 2.05) is 30.3 Å². The van der Waals surface area contributed by atoms with Gasteiger partial charge >= 0.3 is 0 Å². The number of carbonyl (C=O) groups excluding carboxylic acids is 1. The Morgan fingerprint density at radius 1 is 1.50 bits per heavy atom. The molecule has 3 N–H and O–H groups in total. The topological polar surface area (TPSA) is 55.1 Å². The number of thiocarbonyl (C=S) groups is 1. The summed E-state index contributed by atoms with van der Waals surface area (Å²) in [4.78, 5) is 12.1. The van der Waals surface area contributed by atoms with Gasteiger partial charge in [-0.1, -0.05) is 48.2 Å². The van der Waals surface area contributed by atoms with Gasteiger partial charge in [0.2, 0.25) is 0 Å². The van der Waals surface area contributed by atoms with E-state index in [0.29, 0.717) is 15.8 Å². The highest BCUT2D eigenvalue weighted by molar-refractivity contribution is 8.26. The van der Waals surface area contributed by atoms with Gasteiger partial charge < -0.3 is 11.1 Å². The number of hydrogen-bond acceptors (Lipinski definition) is 4. The van der Waals surface area contributed by atoms with Crippen LogP contribution in [0.5, 0.6) is 0 Å². The van der Waals surface area contributed by atoms with Gasteiger partial charge in [0.05, 0.1) is 4.91 Å². The van der Waals surface area contributed by atoms with E-state index in [9.17, 15) is 4.79 Å². The van der Waals surface area contributed by atoms with Crippen molar-refractivity contribution in [1.29, 1.82) is 0 Å². The van der Waals surface area contributed by atoms with E-state index < -0.39 is 0 Å². The molecule has 1 aliphatic heterocycles. The van der Waals surface area contributed by atoms with E-state index in [2.05, 4.69) is 5.32 Å². The third kappa shape index (κ3) is 2.49. The molecule has 0 aromatic heterocycles. The number of hydrogen-bond donors (Lipinski definition) is 2. The minimum atomic E-state index is -0.131. The summed E-state index contributed by atoms with van der Waals surface area (Å²) < 4.78 is 0.506. The highest BCUT2D eigenvalue weighted by Crippen LogP contribution is 2.25. The van der Waals surface area contributed by atoms with Gasteiger partial charge in [-0.15, -0.1) is 0 Å². The quantitative estimate of drug-likeness (QED) is 0.619. The van der Waals surface area contributed by atoms with Crippen LogP contribution >= 0.6 is 24.0 Å². The van der Waals surface area contributed by atoms with E-state index in [0.717, 1.165) is 11.1 Å². The number of thioether (sulfide) groups is 1. The lowest BCUT2D eigenvalue weighted by Crippen LogP contribution is -2.17. The average molecular weight is 250 g/mol. The summed E-state index contributed by atoms with van der Waals surface area (Å²) in [6, 6.07) is 7.77. The molecule has 1 aromatic carbocycles. The molecule has 0 radical (unpaired) electrons. The number of amides is 1. The molecule has 1 aromatic rings. The van der Waals surface area contributed by atoms with Gasteiger partial charge in [0.1, 0.15) is 4.32 Å². The smallest absolute Gasteiger partial charge is 0.263 e. The maximum atomic E-state index is 11.4. The molecule has 2 rings (SSSR count). The zero-order chi connectivity index (χ0) is 11.5. The van der Waals surface area contributed by atoms with Crippen LogP contribution in [-0.2, 0) is 11.3 Å². The van der Waals surface area contributed by atoms with Gasteiger partial charge in [-0.25, -0.2) is 0 Å². The third-order valence-electron chi connectivity index (χ3n) is 2.13. The van der Waals surface area contributed by atoms with Crippen LogP contribution in [0.3, 0.4) is 0 Å². The number of carbonyl (C=O) groups is 1. The van der Waals surface area contributed by atoms with Crippen LogP contribution in [0.2, 0.25) is 0 Å². The average Bonchev–Trinajstić information content (AvgIpc) is 2.58. The Morgan fingerprint density at radius 2 is 2.31 bits per heavy atom. The molecule has 0 atom stereocenters. The first-order valence-electron chi connectivity index (χ1n) is 4.73. The van der Waals surface area contributed by atoms with Crippen molar-refractivity contribution in [3.8, 4) is 0 Å². The Balaban J connectivity index is 2.28. The SMILES string of the molecule is NCc1cccc(C=C2SC(=S)NC2=O)c1. The van der Waals surface area contributed by atoms with Crippen molar-refractivity contribution in [2.45, 2.75) is 6.54 Å². The van der Waals surface area contributed by atoms with Crippen molar-refractivity contribution in [3.63, 3.8) is 0 Å². The predicted molar refractivity (Wildman–Crippen MR) is 70.6 cm³/mol. The van der Waals surface area contributed by atoms with Crippen LogP contribution in [0.15, 0.2) is 29.2 Å². The van der Waals surface area contributed by atoms with Crippen molar-refractivity contribution < 1.29 is 4.79 Å². The van der Waals surface area contributed by atoms with Crippen LogP contribution < -0.4 is 11.1 Å². The van der Waals surface area contributed by atoms with Crippen LogP contribution in [0, 0.1) is 0 Å². The van der Waals surface area contributed by atoms with E-state index >= 15 is 0 Å². The molecule has 0 saturated carbocycles. The molecular formula is C11H10N2OS2. The van der Waals surface area contributed by atoms with Gasteiger partial charge in [0, 0.05) is 6.54 Å². The lowest BCUT2D eigenvalue weighted by atomic mass is 10.1. The van der Waals surface area contributed by atoms with E-state index in [1.165, 1.54) is 11.8 Å². The Bertz CT molecular complexity index is 483. The summed E-state index contributed by atoms with van der Waals surface area (Å²) >= 11 is 6.19. The number of nitrogens with two attached hydrogens (primary N) is 1. The molecule has 1 fully saturated rings. The van der Waals surface area contributed by atoms with Crippen molar-refractivity contribution >= 4 is 40.3 Å². The molecule has 1 aliphatic rings. The standard InChI is InChI=1S/C11H10N2OS2/c12-6-8-3-1-2-7(4-8)5-9-10(14)13-11(15)16-9/h1-5H,6,12H2,(H,13,14,15). The van der Waals surface area contributed by atoms with Gasteiger partial charge in [-0.2, -0.15) is 0 Å². The Kier molecular flexibility index (Phi) is 3.38. The van der Waals surface area contributed by atoms with Gasteiger partial charge in [-0.3, -0.25) is 4.79 Å². The molecule has 82 valence electrons. The summed E-state index contributed by atoms with van der Waals surface area (Å²) in [6.07, 6.45) is 1.82. The third-order valence-corrected chi connectivity index (χ3v) is 3.29. The lowest BCUT2D eigenvalue weighted by Gasteiger charge is -1.99. The summed E-state index contributed by atoms with van der Waals surface area (Å²) in [6.45, 7) is 0.495. The minimum absolute atomic E-state index is 0.131. The van der Waals surface area contributed by atoms with Crippen LogP contribution in [-0.4, -0.2) is 10.2 Å². The summed E-state index contributed by atoms with van der Waals surface area (Å²) in [7, 11) is 0. The number of nitrogens with one attached hydrogen (secondary N) is 1. The molecule has 0 unspecified atom stereocenters. The van der Waals surface area contributed by atoms with Crippen LogP contribution in [0.25, 0.3) is 6.08 Å². The van der Waals surface area contributed by atoms with Gasteiger partial charge in [0.25, 0.3) is 5.91 Å². The maximum Gasteiger partial charge on any atom is 0.263 e. The molecule has 16 heavy (non-hydrogen) atoms. The van der Waals surface area contributed by atoms with Gasteiger partial charge in [-0.05, 0) is 17.2 Å². The monoisotopic (exact) mass is 250 g/mol.